The smallest absolute Gasteiger partial charge is 0.0630 e. The minimum Gasteiger partial charge on any atom is -0.390 e. The molecule has 3 heteroatoms. The van der Waals surface area contributed by atoms with Gasteiger partial charge in [0.25, 0.3) is 0 Å². The molecule has 13 heavy (non-hydrogen) atoms. The Hall–Kier alpha value is 0.660. The van der Waals surface area contributed by atoms with E-state index in [1.54, 1.807) is 0 Å². The van der Waals surface area contributed by atoms with Gasteiger partial charge in [-0.25, -0.2) is 0 Å². The Bertz CT molecular complexity index is 234. The van der Waals surface area contributed by atoms with E-state index in [4.69, 9.17) is 0 Å². The van der Waals surface area contributed by atoms with Crippen molar-refractivity contribution in [2.75, 3.05) is 0 Å². The van der Waals surface area contributed by atoms with Crippen molar-refractivity contribution < 1.29 is 5.11 Å². The highest BCUT2D eigenvalue weighted by atomic mass is 79.9. The van der Waals surface area contributed by atoms with Crippen molar-refractivity contribution in [3.05, 3.63) is 9.47 Å². The first-order valence-electron chi connectivity index (χ1n) is 4.42. The summed E-state index contributed by atoms with van der Waals surface area (Å²) in [6.07, 6.45) is 2.13. The molecule has 1 fully saturated rings. The fourth-order valence-electron chi connectivity index (χ4n) is 2.47. The number of halogens is 2. The molecule has 1 nitrogen and oxygen atoms in total. The van der Waals surface area contributed by atoms with E-state index in [1.165, 1.54) is 0 Å². The zero-order valence-corrected chi connectivity index (χ0v) is 11.6. The van der Waals surface area contributed by atoms with Crippen molar-refractivity contribution in [3.8, 4) is 0 Å². The molecule has 0 radical (unpaired) electrons. The molecule has 1 aliphatic carbocycles. The van der Waals surface area contributed by atoms with E-state index >= 15 is 0 Å². The van der Waals surface area contributed by atoms with Gasteiger partial charge in [0.1, 0.15) is 0 Å². The SMILES string of the molecule is CC(C)(O)[C@H]1[C@@H](C=C(Br)Br)C1(C)C. The number of allylic oxidation sites excluding steroid dienone is 1. The highest BCUT2D eigenvalue weighted by Crippen LogP contribution is 2.64. The summed E-state index contributed by atoms with van der Waals surface area (Å²) in [5, 5.41) is 9.92. The summed E-state index contributed by atoms with van der Waals surface area (Å²) in [5.41, 5.74) is -0.370. The van der Waals surface area contributed by atoms with E-state index in [9.17, 15) is 5.11 Å². The number of aliphatic hydroxyl groups is 1. The van der Waals surface area contributed by atoms with Gasteiger partial charge in [0.15, 0.2) is 0 Å². The molecule has 0 saturated heterocycles. The highest BCUT2D eigenvalue weighted by molar-refractivity contribution is 9.28. The number of hydrogen-bond acceptors (Lipinski definition) is 1. The van der Waals surface area contributed by atoms with E-state index < -0.39 is 5.60 Å². The van der Waals surface area contributed by atoms with Crippen LogP contribution < -0.4 is 0 Å². The van der Waals surface area contributed by atoms with Gasteiger partial charge in [-0.3, -0.25) is 0 Å². The van der Waals surface area contributed by atoms with Gasteiger partial charge in [0.05, 0.1) is 8.99 Å². The molecule has 0 spiro atoms. The molecule has 76 valence electrons. The normalized spacial score (nSPS) is 31.3. The largest absolute Gasteiger partial charge is 0.390 e. The summed E-state index contributed by atoms with van der Waals surface area (Å²) in [7, 11) is 0. The topological polar surface area (TPSA) is 20.2 Å². The van der Waals surface area contributed by atoms with Gasteiger partial charge >= 0.3 is 0 Å². The maximum Gasteiger partial charge on any atom is 0.0630 e. The van der Waals surface area contributed by atoms with Crippen LogP contribution in [0.3, 0.4) is 0 Å². The lowest BCUT2D eigenvalue weighted by Gasteiger charge is -2.18. The van der Waals surface area contributed by atoms with Gasteiger partial charge in [0, 0.05) is 0 Å². The van der Waals surface area contributed by atoms with Gasteiger partial charge in [-0.1, -0.05) is 19.9 Å². The van der Waals surface area contributed by atoms with Gasteiger partial charge < -0.3 is 5.11 Å². The first-order chi connectivity index (χ1) is 5.67. The Labute approximate surface area is 96.9 Å². The van der Waals surface area contributed by atoms with Crippen LogP contribution in [-0.2, 0) is 0 Å². The molecule has 0 amide bonds. The van der Waals surface area contributed by atoms with Gasteiger partial charge in [-0.15, -0.1) is 0 Å². The first kappa shape index (κ1) is 11.7. The molecule has 1 N–H and O–H groups in total. The fraction of sp³-hybridized carbons (Fsp3) is 0.800. The average molecular weight is 312 g/mol. The lowest BCUT2D eigenvalue weighted by molar-refractivity contribution is 0.0424. The summed E-state index contributed by atoms with van der Waals surface area (Å²) in [5.74, 6) is 0.811. The van der Waals surface area contributed by atoms with Crippen molar-refractivity contribution in [1.82, 2.24) is 0 Å². The summed E-state index contributed by atoms with van der Waals surface area (Å²) in [6.45, 7) is 8.16. The van der Waals surface area contributed by atoms with Crippen LogP contribution in [0.1, 0.15) is 27.7 Å². The number of rotatable bonds is 2. The molecule has 0 aliphatic heterocycles. The lowest BCUT2D eigenvalue weighted by Crippen LogP contribution is -2.24. The first-order valence-corrected chi connectivity index (χ1v) is 6.01. The van der Waals surface area contributed by atoms with E-state index in [2.05, 4.69) is 51.8 Å². The van der Waals surface area contributed by atoms with Crippen LogP contribution in [0.15, 0.2) is 9.47 Å². The molecule has 0 aromatic carbocycles. The van der Waals surface area contributed by atoms with Gasteiger partial charge in [0.2, 0.25) is 0 Å². The third kappa shape index (κ3) is 2.37. The van der Waals surface area contributed by atoms with Crippen LogP contribution >= 0.6 is 31.9 Å². The van der Waals surface area contributed by atoms with Crippen LogP contribution in [0.25, 0.3) is 0 Å². The van der Waals surface area contributed by atoms with Gasteiger partial charge in [-0.2, -0.15) is 0 Å². The third-order valence-electron chi connectivity index (χ3n) is 2.98. The Kier molecular flexibility index (Phi) is 3.03. The zero-order valence-electron chi connectivity index (χ0n) is 8.44. The zero-order chi connectivity index (χ0) is 10.4. The molecule has 1 rings (SSSR count). The predicted molar refractivity (Wildman–Crippen MR) is 63.0 cm³/mol. The monoisotopic (exact) mass is 310 g/mol. The van der Waals surface area contributed by atoms with Crippen LogP contribution in [0.4, 0.5) is 0 Å². The molecule has 2 atom stereocenters. The van der Waals surface area contributed by atoms with Gasteiger partial charge in [-0.05, 0) is 63.0 Å². The second kappa shape index (κ2) is 3.35. The predicted octanol–water partition coefficient (Wildman–Crippen LogP) is 3.66. The Morgan fingerprint density at radius 1 is 1.38 bits per heavy atom. The molecule has 0 aromatic rings. The van der Waals surface area contributed by atoms with Crippen molar-refractivity contribution in [1.29, 1.82) is 0 Å². The minimum atomic E-state index is -0.583. The van der Waals surface area contributed by atoms with Crippen molar-refractivity contribution in [3.63, 3.8) is 0 Å². The van der Waals surface area contributed by atoms with E-state index in [0.29, 0.717) is 11.8 Å². The van der Waals surface area contributed by atoms with E-state index in [1.807, 2.05) is 13.8 Å². The van der Waals surface area contributed by atoms with Crippen LogP contribution in [0.2, 0.25) is 0 Å². The fourth-order valence-corrected chi connectivity index (χ4v) is 3.04. The minimum absolute atomic E-state index is 0.213. The summed E-state index contributed by atoms with van der Waals surface area (Å²) in [6, 6.07) is 0. The van der Waals surface area contributed by atoms with Crippen LogP contribution in [-0.4, -0.2) is 10.7 Å². The summed E-state index contributed by atoms with van der Waals surface area (Å²) >= 11 is 6.71. The van der Waals surface area contributed by atoms with Crippen molar-refractivity contribution >= 4 is 31.9 Å². The Balaban J connectivity index is 2.79. The summed E-state index contributed by atoms with van der Waals surface area (Å²) in [4.78, 5) is 0. The third-order valence-corrected chi connectivity index (χ3v) is 3.51. The standard InChI is InChI=1S/C10H16Br2O/c1-9(2)6(5-7(11)12)8(9)10(3,4)13/h5-6,8,13H,1-4H3/t6-,8+/m1/s1. The second-order valence-electron chi connectivity index (χ2n) is 4.93. The van der Waals surface area contributed by atoms with Crippen LogP contribution in [0.5, 0.6) is 0 Å². The summed E-state index contributed by atoms with van der Waals surface area (Å²) < 4.78 is 0.977. The Morgan fingerprint density at radius 2 is 1.85 bits per heavy atom. The lowest BCUT2D eigenvalue weighted by atomic mass is 9.97. The maximum absolute atomic E-state index is 9.92. The average Bonchev–Trinajstić information content (AvgIpc) is 2.29. The maximum atomic E-state index is 9.92. The quantitative estimate of drug-likeness (QED) is 0.825. The van der Waals surface area contributed by atoms with E-state index in [-0.39, 0.29) is 5.41 Å². The number of hydrogen-bond donors (Lipinski definition) is 1. The Morgan fingerprint density at radius 3 is 2.08 bits per heavy atom. The molecule has 0 bridgehead atoms. The highest BCUT2D eigenvalue weighted by Gasteiger charge is 2.62. The molecule has 0 aromatic heterocycles. The molecule has 0 unspecified atom stereocenters. The molecule has 1 saturated carbocycles. The molecular weight excluding hydrogens is 296 g/mol. The van der Waals surface area contributed by atoms with Crippen molar-refractivity contribution in [2.45, 2.75) is 33.3 Å². The van der Waals surface area contributed by atoms with Crippen LogP contribution in [0, 0.1) is 17.3 Å². The van der Waals surface area contributed by atoms with E-state index in [0.717, 1.165) is 3.39 Å². The molecule has 0 heterocycles. The molecule has 1 aliphatic rings. The molecular formula is C10H16Br2O. The second-order valence-corrected chi connectivity index (χ2v) is 7.71. The van der Waals surface area contributed by atoms with Crippen molar-refractivity contribution in [2.24, 2.45) is 17.3 Å².